The fourth-order valence-electron chi connectivity index (χ4n) is 4.13. The molecule has 0 radical (unpaired) electrons. The van der Waals surface area contributed by atoms with Gasteiger partial charge in [-0.3, -0.25) is 9.69 Å². The molecule has 6 nitrogen and oxygen atoms in total. The van der Waals surface area contributed by atoms with Crippen molar-refractivity contribution in [3.63, 3.8) is 0 Å². The van der Waals surface area contributed by atoms with Gasteiger partial charge in [0.05, 0.1) is 17.0 Å². The molecular weight excluding hydrogens is 524 g/mol. The fourth-order valence-corrected chi connectivity index (χ4v) is 5.66. The Kier molecular flexibility index (Phi) is 9.24. The number of carbonyl (C=O) groups is 1. The zero-order valence-corrected chi connectivity index (χ0v) is 20.9. The van der Waals surface area contributed by atoms with Gasteiger partial charge in [0.1, 0.15) is 16.7 Å². The predicted octanol–water partition coefficient (Wildman–Crippen LogP) is 5.44. The fraction of sp³-hybridized carbons (Fsp3) is 0.458. The minimum absolute atomic E-state index is 0.0475. The summed E-state index contributed by atoms with van der Waals surface area (Å²) in [6.45, 7) is 4.71. The van der Waals surface area contributed by atoms with E-state index < -0.39 is 34.8 Å². The summed E-state index contributed by atoms with van der Waals surface area (Å²) in [6, 6.07) is 8.95. The number of amides is 1. The Labute approximate surface area is 213 Å². The van der Waals surface area contributed by atoms with E-state index in [-0.39, 0.29) is 29.4 Å². The van der Waals surface area contributed by atoms with Crippen molar-refractivity contribution in [3.8, 4) is 5.75 Å². The number of likely N-dealkylation sites (tertiary alicyclic amines) is 1. The highest BCUT2D eigenvalue weighted by Crippen LogP contribution is 2.32. The van der Waals surface area contributed by atoms with Crippen molar-refractivity contribution in [2.75, 3.05) is 25.0 Å². The molecule has 1 fully saturated rings. The Morgan fingerprint density at radius 2 is 1.70 bits per heavy atom. The zero-order valence-electron chi connectivity index (χ0n) is 20.1. The molecule has 1 saturated heterocycles. The van der Waals surface area contributed by atoms with Crippen LogP contribution in [-0.2, 0) is 22.0 Å². The third-order valence-electron chi connectivity index (χ3n) is 5.72. The Balaban J connectivity index is 1.55. The smallest absolute Gasteiger partial charge is 0.406 e. The third-order valence-corrected chi connectivity index (χ3v) is 7.48. The number of alkyl halides is 6. The van der Waals surface area contributed by atoms with Gasteiger partial charge in [-0.25, -0.2) is 8.51 Å². The van der Waals surface area contributed by atoms with Crippen molar-refractivity contribution < 1.29 is 40.1 Å². The van der Waals surface area contributed by atoms with E-state index in [4.69, 9.17) is 0 Å². The van der Waals surface area contributed by atoms with Gasteiger partial charge in [-0.1, -0.05) is 6.07 Å². The van der Waals surface area contributed by atoms with Gasteiger partial charge < -0.3 is 10.1 Å². The molecule has 204 valence electrons. The molecule has 1 N–H and O–H groups in total. The predicted molar refractivity (Wildman–Crippen MR) is 126 cm³/mol. The van der Waals surface area contributed by atoms with Crippen LogP contribution in [-0.4, -0.2) is 57.4 Å². The van der Waals surface area contributed by atoms with Crippen molar-refractivity contribution in [1.82, 2.24) is 9.21 Å². The molecule has 37 heavy (non-hydrogen) atoms. The molecule has 3 rings (SSSR count). The van der Waals surface area contributed by atoms with Crippen LogP contribution in [0.1, 0.15) is 32.3 Å². The van der Waals surface area contributed by atoms with Crippen LogP contribution in [0.3, 0.4) is 0 Å². The van der Waals surface area contributed by atoms with Crippen molar-refractivity contribution in [2.24, 2.45) is 0 Å². The van der Waals surface area contributed by atoms with Gasteiger partial charge in [0.25, 0.3) is 0 Å². The molecular formula is C24H27F6N3O3S. The molecule has 0 bridgehead atoms. The van der Waals surface area contributed by atoms with E-state index in [9.17, 15) is 35.3 Å². The maximum atomic E-state index is 13.2. The molecule has 2 aromatic rings. The normalized spacial score (nSPS) is 16.7. The first kappa shape index (κ1) is 28.9. The molecule has 1 heterocycles. The average Bonchev–Trinajstić information content (AvgIpc) is 2.80. The summed E-state index contributed by atoms with van der Waals surface area (Å²) < 4.78 is 94.9. The zero-order chi connectivity index (χ0) is 27.4. The van der Waals surface area contributed by atoms with Gasteiger partial charge in [-0.15, -0.1) is 13.2 Å². The molecule has 13 heteroatoms. The van der Waals surface area contributed by atoms with Crippen LogP contribution in [0.4, 0.5) is 32.0 Å². The van der Waals surface area contributed by atoms with Crippen LogP contribution in [0.2, 0.25) is 0 Å². The van der Waals surface area contributed by atoms with Crippen LogP contribution in [0.5, 0.6) is 5.75 Å². The number of halogens is 6. The molecule has 1 amide bonds. The molecule has 0 saturated carbocycles. The lowest BCUT2D eigenvalue weighted by atomic mass is 10.0. The van der Waals surface area contributed by atoms with Crippen LogP contribution < -0.4 is 10.1 Å². The number of ether oxygens (including phenoxy) is 1. The number of benzene rings is 2. The molecule has 2 aromatic carbocycles. The quantitative estimate of drug-likeness (QED) is 0.444. The third kappa shape index (κ3) is 8.44. The number of piperidine rings is 1. The van der Waals surface area contributed by atoms with Crippen molar-refractivity contribution in [2.45, 2.75) is 56.2 Å². The molecule has 1 unspecified atom stereocenters. The molecule has 1 atom stereocenters. The van der Waals surface area contributed by atoms with Gasteiger partial charge in [0.15, 0.2) is 0 Å². The van der Waals surface area contributed by atoms with E-state index in [0.29, 0.717) is 31.6 Å². The van der Waals surface area contributed by atoms with E-state index in [2.05, 4.69) is 10.1 Å². The first-order valence-corrected chi connectivity index (χ1v) is 12.6. The van der Waals surface area contributed by atoms with Gasteiger partial charge in [-0.2, -0.15) is 13.2 Å². The molecule has 0 aliphatic carbocycles. The van der Waals surface area contributed by atoms with Crippen molar-refractivity contribution in [3.05, 3.63) is 54.1 Å². The summed E-state index contributed by atoms with van der Waals surface area (Å²) in [6.07, 6.45) is -8.23. The second-order valence-corrected chi connectivity index (χ2v) is 10.2. The average molecular weight is 552 g/mol. The first-order valence-electron chi connectivity index (χ1n) is 11.5. The van der Waals surface area contributed by atoms with Crippen molar-refractivity contribution in [1.29, 1.82) is 0 Å². The summed E-state index contributed by atoms with van der Waals surface area (Å²) in [7, 11) is -1.80. The number of hydrogen-bond acceptors (Lipinski definition) is 4. The second kappa shape index (κ2) is 11.8. The molecule has 1 aliphatic heterocycles. The van der Waals surface area contributed by atoms with Crippen LogP contribution in [0.25, 0.3) is 0 Å². The number of nitrogens with one attached hydrogen (secondary N) is 1. The van der Waals surface area contributed by atoms with Gasteiger partial charge >= 0.3 is 12.5 Å². The summed E-state index contributed by atoms with van der Waals surface area (Å²) in [5, 5.41) is 2.62. The van der Waals surface area contributed by atoms with Crippen LogP contribution >= 0.6 is 0 Å². The molecule has 0 aromatic heterocycles. The highest BCUT2D eigenvalue weighted by atomic mass is 32.2. The summed E-state index contributed by atoms with van der Waals surface area (Å²) >= 11 is 0. The Morgan fingerprint density at radius 1 is 1.08 bits per heavy atom. The van der Waals surface area contributed by atoms with Crippen LogP contribution in [0, 0.1) is 0 Å². The lowest BCUT2D eigenvalue weighted by molar-refractivity contribution is -0.274. The Bertz CT molecular complexity index is 1080. The van der Waals surface area contributed by atoms with E-state index in [1.807, 2.05) is 18.7 Å². The summed E-state index contributed by atoms with van der Waals surface area (Å²) in [5.74, 6) is -0.749. The standard InChI is InChI=1S/C24H27F6N3O3S/c1-16(2)33(37(35)21-5-3-4-17(14-21)23(25,26)27)19-10-12-32(13-11-19)15-22(34)31-18-6-8-20(9-7-18)36-24(28,29)30/h3-9,14,16,19H,10-13,15H2,1-2H3,(H,31,34). The van der Waals surface area contributed by atoms with Crippen molar-refractivity contribution >= 4 is 22.6 Å². The van der Waals surface area contributed by atoms with Gasteiger partial charge in [0, 0.05) is 30.9 Å². The molecule has 0 spiro atoms. The van der Waals surface area contributed by atoms with E-state index in [0.717, 1.165) is 24.3 Å². The van der Waals surface area contributed by atoms with Gasteiger partial charge in [0.2, 0.25) is 5.91 Å². The van der Waals surface area contributed by atoms with Gasteiger partial charge in [-0.05, 0) is 69.2 Å². The maximum absolute atomic E-state index is 13.2. The Hall–Kier alpha value is -2.64. The number of anilines is 1. The highest BCUT2D eigenvalue weighted by molar-refractivity contribution is 7.82. The molecule has 1 aliphatic rings. The minimum Gasteiger partial charge on any atom is -0.406 e. The largest absolute Gasteiger partial charge is 0.573 e. The lowest BCUT2D eigenvalue weighted by Gasteiger charge is -2.39. The van der Waals surface area contributed by atoms with E-state index in [1.165, 1.54) is 24.3 Å². The SMILES string of the molecule is CC(C)N(C1CCN(CC(=O)Nc2ccc(OC(F)(F)F)cc2)CC1)S(=O)c1cccc(C(F)(F)F)c1. The minimum atomic E-state index is -4.80. The highest BCUT2D eigenvalue weighted by Gasteiger charge is 2.34. The van der Waals surface area contributed by atoms with E-state index >= 15 is 0 Å². The Morgan fingerprint density at radius 3 is 2.24 bits per heavy atom. The maximum Gasteiger partial charge on any atom is 0.573 e. The summed E-state index contributed by atoms with van der Waals surface area (Å²) in [4.78, 5) is 14.4. The summed E-state index contributed by atoms with van der Waals surface area (Å²) in [5.41, 5.74) is -0.540. The second-order valence-electron chi connectivity index (χ2n) is 8.86. The number of rotatable bonds is 8. The number of hydrogen-bond donors (Lipinski definition) is 1. The first-order chi connectivity index (χ1) is 17.2. The topological polar surface area (TPSA) is 61.9 Å². The van der Waals surface area contributed by atoms with E-state index in [1.54, 1.807) is 4.31 Å². The van der Waals surface area contributed by atoms with Crippen LogP contribution in [0.15, 0.2) is 53.4 Å². The monoisotopic (exact) mass is 551 g/mol. The number of nitrogens with zero attached hydrogens (tertiary/aromatic N) is 2. The number of carbonyl (C=O) groups excluding carboxylic acids is 1. The lowest BCUT2D eigenvalue weighted by Crippen LogP contribution is -2.49.